The lowest BCUT2D eigenvalue weighted by Gasteiger charge is -2.37. The van der Waals surface area contributed by atoms with E-state index in [-0.39, 0.29) is 12.5 Å². The fourth-order valence-electron chi connectivity index (χ4n) is 4.37. The molecule has 1 atom stereocenters. The number of carbonyl (C=O) groups is 1. The molecule has 4 rings (SSSR count). The van der Waals surface area contributed by atoms with Gasteiger partial charge in [-0.1, -0.05) is 54.6 Å². The van der Waals surface area contributed by atoms with Crippen molar-refractivity contribution in [1.29, 1.82) is 0 Å². The molecule has 0 aromatic heterocycles. The number of fused-ring (bicyclic) bond motifs is 1. The smallest absolute Gasteiger partial charge is 0.230 e. The van der Waals surface area contributed by atoms with Crippen molar-refractivity contribution in [1.82, 2.24) is 5.32 Å². The number of rotatable bonds is 4. The molecule has 0 unspecified atom stereocenters. The molecule has 1 amide bonds. The van der Waals surface area contributed by atoms with Gasteiger partial charge >= 0.3 is 0 Å². The molecule has 1 heterocycles. The molecule has 1 aliphatic heterocycles. The van der Waals surface area contributed by atoms with Crippen molar-refractivity contribution in [2.45, 2.75) is 36.7 Å². The van der Waals surface area contributed by atoms with Crippen LogP contribution in [0.1, 0.15) is 36.0 Å². The monoisotopic (exact) mass is 351 g/mol. The van der Waals surface area contributed by atoms with E-state index in [1.165, 1.54) is 5.56 Å². The van der Waals surface area contributed by atoms with Crippen LogP contribution in [0.25, 0.3) is 0 Å². The van der Waals surface area contributed by atoms with E-state index in [9.17, 15) is 9.90 Å². The Hall–Kier alpha value is -2.17. The number of amides is 1. The zero-order valence-electron chi connectivity index (χ0n) is 14.9. The van der Waals surface area contributed by atoms with Crippen LogP contribution in [0.3, 0.4) is 0 Å². The number of benzene rings is 2. The van der Waals surface area contributed by atoms with Gasteiger partial charge in [-0.05, 0) is 42.4 Å². The van der Waals surface area contributed by atoms with Gasteiger partial charge < -0.3 is 15.2 Å². The Morgan fingerprint density at radius 2 is 1.69 bits per heavy atom. The summed E-state index contributed by atoms with van der Waals surface area (Å²) in [6.45, 7) is 1.41. The average Bonchev–Trinajstić information content (AvgIpc) is 3.05. The second-order valence-corrected chi connectivity index (χ2v) is 7.43. The average molecular weight is 351 g/mol. The number of aryl methyl sites for hydroxylation is 1. The Balaban J connectivity index is 1.55. The van der Waals surface area contributed by atoms with Crippen molar-refractivity contribution in [2.75, 3.05) is 19.8 Å². The summed E-state index contributed by atoms with van der Waals surface area (Å²) < 4.78 is 5.51. The number of nitrogens with one attached hydrogen (secondary N) is 1. The van der Waals surface area contributed by atoms with E-state index < -0.39 is 11.0 Å². The fourth-order valence-corrected chi connectivity index (χ4v) is 4.37. The van der Waals surface area contributed by atoms with Crippen LogP contribution in [0.15, 0.2) is 54.6 Å². The third-order valence-electron chi connectivity index (χ3n) is 5.98. The summed E-state index contributed by atoms with van der Waals surface area (Å²) in [6, 6.07) is 17.9. The van der Waals surface area contributed by atoms with E-state index in [4.69, 9.17) is 4.74 Å². The maximum Gasteiger partial charge on any atom is 0.230 e. The molecule has 2 aromatic carbocycles. The highest BCUT2D eigenvalue weighted by Crippen LogP contribution is 2.38. The lowest BCUT2D eigenvalue weighted by molar-refractivity contribution is -0.131. The zero-order chi connectivity index (χ0) is 18.0. The third-order valence-corrected chi connectivity index (χ3v) is 5.98. The van der Waals surface area contributed by atoms with Gasteiger partial charge in [-0.2, -0.15) is 0 Å². The van der Waals surface area contributed by atoms with E-state index >= 15 is 0 Å². The largest absolute Gasteiger partial charge is 0.383 e. The van der Waals surface area contributed by atoms with Crippen molar-refractivity contribution in [3.05, 3.63) is 71.3 Å². The van der Waals surface area contributed by atoms with E-state index in [0.29, 0.717) is 32.5 Å². The van der Waals surface area contributed by atoms with Gasteiger partial charge in [0.15, 0.2) is 0 Å². The Bertz CT molecular complexity index is 783. The van der Waals surface area contributed by atoms with Gasteiger partial charge in [0.05, 0.1) is 12.0 Å². The Labute approximate surface area is 154 Å². The molecule has 2 aromatic rings. The minimum Gasteiger partial charge on any atom is -0.383 e. The first kappa shape index (κ1) is 17.3. The van der Waals surface area contributed by atoms with Gasteiger partial charge in [-0.3, -0.25) is 4.79 Å². The minimum atomic E-state index is -0.977. The van der Waals surface area contributed by atoms with Crippen LogP contribution in [0.2, 0.25) is 0 Å². The fraction of sp³-hybridized carbons (Fsp3) is 0.409. The van der Waals surface area contributed by atoms with Crippen LogP contribution in [0.5, 0.6) is 0 Å². The van der Waals surface area contributed by atoms with Gasteiger partial charge in [0.1, 0.15) is 5.60 Å². The summed E-state index contributed by atoms with van der Waals surface area (Å²) in [5.74, 6) is -0.00944. The summed E-state index contributed by atoms with van der Waals surface area (Å²) in [5, 5.41) is 14.2. The summed E-state index contributed by atoms with van der Waals surface area (Å²) in [4.78, 5) is 13.3. The highest BCUT2D eigenvalue weighted by molar-refractivity contribution is 5.88. The van der Waals surface area contributed by atoms with Gasteiger partial charge in [0.25, 0.3) is 0 Å². The van der Waals surface area contributed by atoms with Crippen LogP contribution >= 0.6 is 0 Å². The zero-order valence-corrected chi connectivity index (χ0v) is 14.9. The number of ether oxygens (including phenoxy) is 1. The lowest BCUT2D eigenvalue weighted by Crippen LogP contribution is -2.51. The van der Waals surface area contributed by atoms with E-state index in [0.717, 1.165) is 17.5 Å². The summed E-state index contributed by atoms with van der Waals surface area (Å²) in [5.41, 5.74) is 1.59. The van der Waals surface area contributed by atoms with E-state index in [1.807, 2.05) is 48.5 Å². The predicted octanol–water partition coefficient (Wildman–Crippen LogP) is 2.69. The van der Waals surface area contributed by atoms with Crippen molar-refractivity contribution < 1.29 is 14.6 Å². The molecule has 0 saturated carbocycles. The molecular formula is C22H25NO3. The van der Waals surface area contributed by atoms with Gasteiger partial charge in [0, 0.05) is 13.2 Å². The second-order valence-electron chi connectivity index (χ2n) is 7.43. The highest BCUT2D eigenvalue weighted by Gasteiger charge is 2.43. The maximum atomic E-state index is 13.3. The summed E-state index contributed by atoms with van der Waals surface area (Å²) in [6.07, 6.45) is 2.82. The van der Waals surface area contributed by atoms with Gasteiger partial charge in [0.2, 0.25) is 5.91 Å². The van der Waals surface area contributed by atoms with Crippen molar-refractivity contribution in [3.8, 4) is 0 Å². The van der Waals surface area contributed by atoms with Crippen LogP contribution in [0, 0.1) is 0 Å². The first-order chi connectivity index (χ1) is 12.6. The molecule has 1 aliphatic carbocycles. The van der Waals surface area contributed by atoms with Crippen LogP contribution in [-0.4, -0.2) is 30.8 Å². The molecular weight excluding hydrogens is 326 g/mol. The van der Waals surface area contributed by atoms with Crippen molar-refractivity contribution in [3.63, 3.8) is 0 Å². The summed E-state index contributed by atoms with van der Waals surface area (Å²) >= 11 is 0. The minimum absolute atomic E-state index is 0.00944. The quantitative estimate of drug-likeness (QED) is 0.890. The molecule has 1 fully saturated rings. The molecule has 0 bridgehead atoms. The molecule has 2 N–H and O–H groups in total. The van der Waals surface area contributed by atoms with Gasteiger partial charge in [-0.25, -0.2) is 0 Å². The number of carbonyl (C=O) groups excluding carboxylic acids is 1. The predicted molar refractivity (Wildman–Crippen MR) is 99.8 cm³/mol. The molecule has 26 heavy (non-hydrogen) atoms. The van der Waals surface area contributed by atoms with Crippen molar-refractivity contribution >= 4 is 5.91 Å². The number of hydrogen-bond donors (Lipinski definition) is 2. The van der Waals surface area contributed by atoms with Crippen LogP contribution < -0.4 is 5.32 Å². The van der Waals surface area contributed by atoms with Gasteiger partial charge in [-0.15, -0.1) is 0 Å². The molecule has 136 valence electrons. The normalized spacial score (nSPS) is 24.0. The SMILES string of the molecule is O=C(NC[C@]1(O)CCc2ccccc21)C1(c2ccccc2)CCOCC1. The molecule has 2 aliphatic rings. The molecule has 0 radical (unpaired) electrons. The van der Waals surface area contributed by atoms with Crippen LogP contribution in [0.4, 0.5) is 0 Å². The number of aliphatic hydroxyl groups is 1. The van der Waals surface area contributed by atoms with E-state index in [1.54, 1.807) is 0 Å². The maximum absolute atomic E-state index is 13.3. The highest BCUT2D eigenvalue weighted by atomic mass is 16.5. The topological polar surface area (TPSA) is 58.6 Å². The molecule has 0 spiro atoms. The van der Waals surface area contributed by atoms with Crippen molar-refractivity contribution in [2.24, 2.45) is 0 Å². The summed E-state index contributed by atoms with van der Waals surface area (Å²) in [7, 11) is 0. The Morgan fingerprint density at radius 3 is 2.46 bits per heavy atom. The molecule has 4 heteroatoms. The van der Waals surface area contributed by atoms with Crippen LogP contribution in [-0.2, 0) is 27.0 Å². The Kier molecular flexibility index (Phi) is 4.55. The first-order valence-corrected chi connectivity index (χ1v) is 9.36. The molecule has 1 saturated heterocycles. The Morgan fingerprint density at radius 1 is 1.00 bits per heavy atom. The number of hydrogen-bond acceptors (Lipinski definition) is 3. The first-order valence-electron chi connectivity index (χ1n) is 9.36. The standard InChI is InChI=1S/C22H25NO3/c24-20(21(12-14-26-15-13-21)18-7-2-1-3-8-18)23-16-22(25)11-10-17-6-4-5-9-19(17)22/h1-9,25H,10-16H2,(H,23,24)/t22-/m1/s1. The molecule has 4 nitrogen and oxygen atoms in total. The third kappa shape index (κ3) is 2.93. The van der Waals surface area contributed by atoms with E-state index in [2.05, 4.69) is 11.4 Å². The second kappa shape index (κ2) is 6.86. The lowest BCUT2D eigenvalue weighted by atomic mass is 9.73.